The van der Waals surface area contributed by atoms with E-state index in [0.29, 0.717) is 24.7 Å². The molecule has 30 heavy (non-hydrogen) atoms. The largest absolute Gasteiger partial charge is 0.455 e. The van der Waals surface area contributed by atoms with Crippen LogP contribution in [0.2, 0.25) is 0 Å². The molecule has 0 radical (unpaired) electrons. The third-order valence-corrected chi connectivity index (χ3v) is 8.14. The van der Waals surface area contributed by atoms with Crippen molar-refractivity contribution < 1.29 is 22.7 Å². The number of hydrogen-bond donors (Lipinski definition) is 1. The van der Waals surface area contributed by atoms with Crippen molar-refractivity contribution in [2.75, 3.05) is 25.0 Å². The Hall–Kier alpha value is -2.19. The molecule has 4 rings (SSSR count). The van der Waals surface area contributed by atoms with E-state index in [9.17, 15) is 18.0 Å². The van der Waals surface area contributed by atoms with Crippen LogP contribution in [0, 0.1) is 17.8 Å². The zero-order valence-electron chi connectivity index (χ0n) is 17.0. The minimum atomic E-state index is -3.60. The molecule has 1 aromatic rings. The normalized spacial score (nSPS) is 26.3. The molecule has 0 aromatic heterocycles. The molecule has 7 nitrogen and oxygen atoms in total. The summed E-state index contributed by atoms with van der Waals surface area (Å²) in [7, 11) is -3.60. The van der Waals surface area contributed by atoms with Gasteiger partial charge in [0, 0.05) is 18.8 Å². The van der Waals surface area contributed by atoms with Crippen molar-refractivity contribution >= 4 is 27.6 Å². The molecule has 1 saturated heterocycles. The fourth-order valence-electron chi connectivity index (χ4n) is 4.66. The molecule has 1 N–H and O–H groups in total. The van der Waals surface area contributed by atoms with Crippen LogP contribution in [0.15, 0.2) is 41.3 Å². The van der Waals surface area contributed by atoms with Crippen LogP contribution < -0.4 is 5.32 Å². The van der Waals surface area contributed by atoms with Crippen LogP contribution >= 0.6 is 0 Å². The second kappa shape index (κ2) is 8.89. The van der Waals surface area contributed by atoms with Crippen LogP contribution in [0.3, 0.4) is 0 Å². The summed E-state index contributed by atoms with van der Waals surface area (Å²) in [5.41, 5.74) is 0.370. The number of esters is 1. The number of carbonyl (C=O) groups excluding carboxylic acids is 2. The van der Waals surface area contributed by atoms with Crippen LogP contribution in [0.1, 0.15) is 38.5 Å². The van der Waals surface area contributed by atoms with Crippen molar-refractivity contribution in [2.24, 2.45) is 17.8 Å². The quantitative estimate of drug-likeness (QED) is 0.551. The number of nitrogens with one attached hydrogen (secondary N) is 1. The molecular formula is C22H28N2O5S. The highest BCUT2D eigenvalue weighted by Crippen LogP contribution is 2.43. The smallest absolute Gasteiger partial charge is 0.310 e. The highest BCUT2D eigenvalue weighted by Gasteiger charge is 2.40. The number of fused-ring (bicyclic) bond motifs is 2. The van der Waals surface area contributed by atoms with Gasteiger partial charge < -0.3 is 10.1 Å². The first-order valence-corrected chi connectivity index (χ1v) is 12.1. The van der Waals surface area contributed by atoms with E-state index in [0.717, 1.165) is 38.5 Å². The predicted molar refractivity (Wildman–Crippen MR) is 112 cm³/mol. The molecule has 8 heteroatoms. The second-order valence-corrected chi connectivity index (χ2v) is 10.3. The number of sulfonamides is 1. The van der Waals surface area contributed by atoms with Crippen LogP contribution in [-0.4, -0.2) is 44.3 Å². The Labute approximate surface area is 177 Å². The maximum absolute atomic E-state index is 12.9. The summed E-state index contributed by atoms with van der Waals surface area (Å²) in [5, 5.41) is 2.64. The van der Waals surface area contributed by atoms with Crippen molar-refractivity contribution in [3.05, 3.63) is 36.4 Å². The van der Waals surface area contributed by atoms with E-state index < -0.39 is 15.9 Å². The highest BCUT2D eigenvalue weighted by atomic mass is 32.2. The molecule has 1 aromatic carbocycles. The Morgan fingerprint density at radius 3 is 2.50 bits per heavy atom. The van der Waals surface area contributed by atoms with Crippen molar-refractivity contribution in [1.29, 1.82) is 0 Å². The van der Waals surface area contributed by atoms with Gasteiger partial charge in [-0.15, -0.1) is 0 Å². The van der Waals surface area contributed by atoms with Gasteiger partial charge in [-0.3, -0.25) is 9.59 Å². The van der Waals surface area contributed by atoms with Gasteiger partial charge in [0.1, 0.15) is 0 Å². The average molecular weight is 433 g/mol. The van der Waals surface area contributed by atoms with Gasteiger partial charge in [0.05, 0.1) is 10.8 Å². The van der Waals surface area contributed by atoms with Crippen LogP contribution in [0.4, 0.5) is 5.69 Å². The van der Waals surface area contributed by atoms with E-state index in [1.54, 1.807) is 18.2 Å². The van der Waals surface area contributed by atoms with Crippen LogP contribution in [-0.2, 0) is 24.3 Å². The zero-order chi connectivity index (χ0) is 21.1. The van der Waals surface area contributed by atoms with Gasteiger partial charge >= 0.3 is 5.97 Å². The molecule has 3 atom stereocenters. The highest BCUT2D eigenvalue weighted by molar-refractivity contribution is 7.89. The number of hydrogen-bond acceptors (Lipinski definition) is 5. The summed E-state index contributed by atoms with van der Waals surface area (Å²) in [6.45, 7) is 0.666. The number of amides is 1. The number of carbonyl (C=O) groups is 2. The zero-order valence-corrected chi connectivity index (χ0v) is 17.8. The monoisotopic (exact) mass is 432 g/mol. The molecule has 2 bridgehead atoms. The standard InChI is InChI=1S/C22H28N2O5S/c25-21(15-29-22(26)20-13-16-8-9-17(20)12-16)23-18-6-5-7-19(14-18)30(27,28)24-10-3-1-2-4-11-24/h5-9,14,16-17,20H,1-4,10-13,15H2,(H,23,25)/t16-,17-,20+/m0/s1. The number of ether oxygens (including phenoxy) is 1. The number of nitrogens with zero attached hydrogens (tertiary/aromatic N) is 1. The lowest BCUT2D eigenvalue weighted by molar-refractivity contribution is -0.152. The summed E-state index contributed by atoms with van der Waals surface area (Å²) < 4.78 is 32.6. The molecule has 2 fully saturated rings. The van der Waals surface area contributed by atoms with Gasteiger partial charge in [-0.2, -0.15) is 4.31 Å². The summed E-state index contributed by atoms with van der Waals surface area (Å²) in [6.07, 6.45) is 9.80. The Balaban J connectivity index is 1.34. The van der Waals surface area contributed by atoms with Gasteiger partial charge in [-0.05, 0) is 55.7 Å². The molecule has 162 valence electrons. The van der Waals surface area contributed by atoms with Gasteiger partial charge in [0.25, 0.3) is 5.91 Å². The SMILES string of the molecule is O=C(COC(=O)[C@@H]1C[C@H]2C=C[C@H]1C2)Nc1cccc(S(=O)(=O)N2CCCCCC2)c1. The third kappa shape index (κ3) is 4.59. The fraction of sp³-hybridized carbons (Fsp3) is 0.545. The van der Waals surface area contributed by atoms with Crippen LogP contribution in [0.25, 0.3) is 0 Å². The van der Waals surface area contributed by atoms with Gasteiger partial charge in [-0.1, -0.05) is 31.1 Å². The van der Waals surface area contributed by atoms with E-state index in [4.69, 9.17) is 4.74 Å². The number of benzene rings is 1. The van der Waals surface area contributed by atoms with Crippen molar-refractivity contribution in [3.8, 4) is 0 Å². The number of rotatable bonds is 6. The number of anilines is 1. The minimum Gasteiger partial charge on any atom is -0.455 e. The molecule has 1 amide bonds. The van der Waals surface area contributed by atoms with Crippen molar-refractivity contribution in [2.45, 2.75) is 43.4 Å². The first-order valence-electron chi connectivity index (χ1n) is 10.7. The van der Waals surface area contributed by atoms with Crippen LogP contribution in [0.5, 0.6) is 0 Å². The molecule has 1 heterocycles. The summed E-state index contributed by atoms with van der Waals surface area (Å²) >= 11 is 0. The molecule has 1 aliphatic heterocycles. The third-order valence-electron chi connectivity index (χ3n) is 6.25. The lowest BCUT2D eigenvalue weighted by Crippen LogP contribution is -2.32. The maximum Gasteiger partial charge on any atom is 0.310 e. The van der Waals surface area contributed by atoms with E-state index in [1.807, 2.05) is 0 Å². The van der Waals surface area contributed by atoms with Crippen molar-refractivity contribution in [1.82, 2.24) is 4.31 Å². The lowest BCUT2D eigenvalue weighted by Gasteiger charge is -2.20. The van der Waals surface area contributed by atoms with Gasteiger partial charge in [-0.25, -0.2) is 8.42 Å². The van der Waals surface area contributed by atoms with Crippen molar-refractivity contribution in [3.63, 3.8) is 0 Å². The van der Waals surface area contributed by atoms with Gasteiger partial charge in [0.2, 0.25) is 10.0 Å². The first kappa shape index (κ1) is 21.1. The molecule has 0 unspecified atom stereocenters. The maximum atomic E-state index is 12.9. The minimum absolute atomic E-state index is 0.158. The van der Waals surface area contributed by atoms with Gasteiger partial charge in [0.15, 0.2) is 6.61 Å². The topological polar surface area (TPSA) is 92.8 Å². The molecule has 3 aliphatic rings. The van der Waals surface area contributed by atoms with E-state index in [2.05, 4.69) is 17.5 Å². The molecule has 2 aliphatic carbocycles. The Kier molecular flexibility index (Phi) is 6.24. The second-order valence-electron chi connectivity index (χ2n) is 8.39. The fourth-order valence-corrected chi connectivity index (χ4v) is 6.22. The molecule has 0 spiro atoms. The number of allylic oxidation sites excluding steroid dienone is 2. The van der Waals surface area contributed by atoms with E-state index in [-0.39, 0.29) is 29.3 Å². The molecular weight excluding hydrogens is 404 g/mol. The average Bonchev–Trinajstić information content (AvgIpc) is 3.26. The Morgan fingerprint density at radius 2 is 1.83 bits per heavy atom. The summed E-state index contributed by atoms with van der Waals surface area (Å²) in [5.74, 6) is -0.289. The Morgan fingerprint density at radius 1 is 1.07 bits per heavy atom. The first-order chi connectivity index (χ1) is 14.4. The molecule has 1 saturated carbocycles. The summed E-state index contributed by atoms with van der Waals surface area (Å²) in [6, 6.07) is 6.23. The summed E-state index contributed by atoms with van der Waals surface area (Å²) in [4.78, 5) is 24.7. The Bertz CT molecular complexity index is 935. The van der Waals surface area contributed by atoms with E-state index >= 15 is 0 Å². The van der Waals surface area contributed by atoms with E-state index in [1.165, 1.54) is 10.4 Å². The predicted octanol–water partition coefficient (Wildman–Crippen LogP) is 2.95. The lowest BCUT2D eigenvalue weighted by atomic mass is 9.94.